The maximum atomic E-state index is 5.38. The van der Waals surface area contributed by atoms with Crippen LogP contribution in [0.3, 0.4) is 0 Å². The second kappa shape index (κ2) is 7.48. The predicted octanol–water partition coefficient (Wildman–Crippen LogP) is 1.94. The van der Waals surface area contributed by atoms with Gasteiger partial charge in [-0.1, -0.05) is 6.07 Å². The average molecular weight is 267 g/mol. The second-order valence-corrected chi connectivity index (χ2v) is 5.40. The lowest BCUT2D eigenvalue weighted by Gasteiger charge is -2.26. The standard InChI is InChI=1S/C13H21N3OS/c1-2-17-13-5-3-4-12(15-13)14-6-7-16-8-10-18-11-9-16/h3-5H,2,6-11H2,1H3,(H,14,15). The Balaban J connectivity index is 1.73. The minimum atomic E-state index is 0.655. The fourth-order valence-corrected chi connectivity index (χ4v) is 2.89. The van der Waals surface area contributed by atoms with E-state index in [4.69, 9.17) is 4.74 Å². The molecule has 1 aromatic rings. The number of nitrogens with one attached hydrogen (secondary N) is 1. The van der Waals surface area contributed by atoms with Crippen molar-refractivity contribution in [3.05, 3.63) is 18.2 Å². The van der Waals surface area contributed by atoms with Gasteiger partial charge in [0, 0.05) is 43.8 Å². The Hall–Kier alpha value is -0.940. The van der Waals surface area contributed by atoms with Crippen molar-refractivity contribution in [3.8, 4) is 5.88 Å². The van der Waals surface area contributed by atoms with E-state index in [1.165, 1.54) is 24.6 Å². The van der Waals surface area contributed by atoms with Crippen molar-refractivity contribution in [1.82, 2.24) is 9.88 Å². The highest BCUT2D eigenvalue weighted by Gasteiger charge is 2.09. The molecule has 2 rings (SSSR count). The van der Waals surface area contributed by atoms with Gasteiger partial charge < -0.3 is 10.1 Å². The molecule has 0 unspecified atom stereocenters. The zero-order valence-electron chi connectivity index (χ0n) is 10.9. The first-order chi connectivity index (χ1) is 8.88. The van der Waals surface area contributed by atoms with Crippen molar-refractivity contribution in [2.45, 2.75) is 6.92 Å². The van der Waals surface area contributed by atoms with Gasteiger partial charge in [-0.25, -0.2) is 0 Å². The van der Waals surface area contributed by atoms with Crippen molar-refractivity contribution >= 4 is 17.6 Å². The summed E-state index contributed by atoms with van der Waals surface area (Å²) >= 11 is 2.04. The molecule has 100 valence electrons. The van der Waals surface area contributed by atoms with Gasteiger partial charge in [-0.15, -0.1) is 0 Å². The molecule has 0 aliphatic carbocycles. The van der Waals surface area contributed by atoms with Crippen LogP contribution in [0.1, 0.15) is 6.92 Å². The van der Waals surface area contributed by atoms with Crippen LogP contribution in [0, 0.1) is 0 Å². The SMILES string of the molecule is CCOc1cccc(NCCN2CCSCC2)n1. The molecule has 0 aromatic carbocycles. The van der Waals surface area contributed by atoms with Crippen molar-refractivity contribution < 1.29 is 4.74 Å². The number of aromatic nitrogens is 1. The largest absolute Gasteiger partial charge is 0.478 e. The Morgan fingerprint density at radius 3 is 3.00 bits per heavy atom. The fraction of sp³-hybridized carbons (Fsp3) is 0.615. The summed E-state index contributed by atoms with van der Waals surface area (Å²) < 4.78 is 5.38. The van der Waals surface area contributed by atoms with Crippen LogP contribution in [0.2, 0.25) is 0 Å². The lowest BCUT2D eigenvalue weighted by molar-refractivity contribution is 0.314. The first-order valence-corrected chi connectivity index (χ1v) is 7.68. The monoisotopic (exact) mass is 267 g/mol. The van der Waals surface area contributed by atoms with Crippen LogP contribution in [0.5, 0.6) is 5.88 Å². The molecule has 1 aromatic heterocycles. The van der Waals surface area contributed by atoms with E-state index in [1.54, 1.807) is 0 Å². The molecule has 0 spiro atoms. The molecule has 5 heteroatoms. The van der Waals surface area contributed by atoms with Gasteiger partial charge in [-0.05, 0) is 13.0 Å². The molecule has 0 amide bonds. The van der Waals surface area contributed by atoms with Crippen LogP contribution in [0.4, 0.5) is 5.82 Å². The number of hydrogen-bond acceptors (Lipinski definition) is 5. The van der Waals surface area contributed by atoms with Gasteiger partial charge in [0.05, 0.1) is 6.61 Å². The first-order valence-electron chi connectivity index (χ1n) is 6.52. The van der Waals surface area contributed by atoms with Gasteiger partial charge in [0.15, 0.2) is 0 Å². The van der Waals surface area contributed by atoms with E-state index in [9.17, 15) is 0 Å². The smallest absolute Gasteiger partial charge is 0.215 e. The normalized spacial score (nSPS) is 16.5. The van der Waals surface area contributed by atoms with Gasteiger partial charge in [-0.3, -0.25) is 4.90 Å². The van der Waals surface area contributed by atoms with Gasteiger partial charge >= 0.3 is 0 Å². The topological polar surface area (TPSA) is 37.4 Å². The Morgan fingerprint density at radius 2 is 2.22 bits per heavy atom. The summed E-state index contributed by atoms with van der Waals surface area (Å²) in [6, 6.07) is 5.84. The summed E-state index contributed by atoms with van der Waals surface area (Å²) in [5, 5.41) is 3.35. The summed E-state index contributed by atoms with van der Waals surface area (Å²) in [7, 11) is 0. The Kier molecular flexibility index (Phi) is 5.61. The fourth-order valence-electron chi connectivity index (χ4n) is 1.91. The summed E-state index contributed by atoms with van der Waals surface area (Å²) in [6.07, 6.45) is 0. The van der Waals surface area contributed by atoms with Gasteiger partial charge in [0.2, 0.25) is 5.88 Å². The van der Waals surface area contributed by atoms with Crippen LogP contribution in [-0.2, 0) is 0 Å². The van der Waals surface area contributed by atoms with Crippen molar-refractivity contribution in [1.29, 1.82) is 0 Å². The maximum absolute atomic E-state index is 5.38. The van der Waals surface area contributed by atoms with Gasteiger partial charge in [0.1, 0.15) is 5.82 Å². The van der Waals surface area contributed by atoms with Crippen LogP contribution in [-0.4, -0.2) is 54.2 Å². The van der Waals surface area contributed by atoms with E-state index in [0.717, 1.165) is 18.9 Å². The molecule has 0 atom stereocenters. The molecule has 2 heterocycles. The van der Waals surface area contributed by atoms with Gasteiger partial charge in [-0.2, -0.15) is 16.7 Å². The van der Waals surface area contributed by atoms with E-state index in [-0.39, 0.29) is 0 Å². The maximum Gasteiger partial charge on any atom is 0.215 e. The summed E-state index contributed by atoms with van der Waals surface area (Å²) in [5.74, 6) is 4.11. The third kappa shape index (κ3) is 4.38. The Morgan fingerprint density at radius 1 is 1.39 bits per heavy atom. The number of pyridine rings is 1. The number of nitrogens with zero attached hydrogens (tertiary/aromatic N) is 2. The number of thioether (sulfide) groups is 1. The van der Waals surface area contributed by atoms with Crippen LogP contribution in [0.25, 0.3) is 0 Å². The molecule has 1 N–H and O–H groups in total. The molecule has 4 nitrogen and oxygen atoms in total. The molecule has 1 aliphatic heterocycles. The average Bonchev–Trinajstić information content (AvgIpc) is 2.41. The molecule has 1 saturated heterocycles. The molecule has 0 bridgehead atoms. The first kappa shape index (κ1) is 13.5. The van der Waals surface area contributed by atoms with E-state index in [1.807, 2.05) is 36.9 Å². The van der Waals surface area contributed by atoms with Crippen molar-refractivity contribution in [2.75, 3.05) is 49.6 Å². The third-order valence-electron chi connectivity index (χ3n) is 2.85. The highest BCUT2D eigenvalue weighted by atomic mass is 32.2. The molecule has 18 heavy (non-hydrogen) atoms. The van der Waals surface area contributed by atoms with E-state index < -0.39 is 0 Å². The molecular formula is C13H21N3OS. The number of hydrogen-bond donors (Lipinski definition) is 1. The number of ether oxygens (including phenoxy) is 1. The highest BCUT2D eigenvalue weighted by Crippen LogP contribution is 2.12. The lowest BCUT2D eigenvalue weighted by atomic mass is 10.4. The van der Waals surface area contributed by atoms with Crippen molar-refractivity contribution in [3.63, 3.8) is 0 Å². The lowest BCUT2D eigenvalue weighted by Crippen LogP contribution is -2.36. The van der Waals surface area contributed by atoms with Crippen molar-refractivity contribution in [2.24, 2.45) is 0 Å². The quantitative estimate of drug-likeness (QED) is 0.852. The molecule has 0 radical (unpaired) electrons. The van der Waals surface area contributed by atoms with Gasteiger partial charge in [0.25, 0.3) is 0 Å². The summed E-state index contributed by atoms with van der Waals surface area (Å²) in [4.78, 5) is 6.89. The zero-order chi connectivity index (χ0) is 12.6. The van der Waals surface area contributed by atoms with E-state index in [0.29, 0.717) is 12.5 Å². The zero-order valence-corrected chi connectivity index (χ0v) is 11.7. The number of anilines is 1. The molecular weight excluding hydrogens is 246 g/mol. The molecule has 1 fully saturated rings. The molecule has 0 saturated carbocycles. The Labute approximate surface area is 113 Å². The second-order valence-electron chi connectivity index (χ2n) is 4.17. The van der Waals surface area contributed by atoms with E-state index in [2.05, 4.69) is 15.2 Å². The highest BCUT2D eigenvalue weighted by molar-refractivity contribution is 7.99. The molecule has 1 aliphatic rings. The van der Waals surface area contributed by atoms with Crippen LogP contribution in [0.15, 0.2) is 18.2 Å². The summed E-state index contributed by atoms with van der Waals surface area (Å²) in [5.41, 5.74) is 0. The predicted molar refractivity (Wildman–Crippen MR) is 77.7 cm³/mol. The van der Waals surface area contributed by atoms with E-state index >= 15 is 0 Å². The Bertz CT molecular complexity index is 356. The summed E-state index contributed by atoms with van der Waals surface area (Å²) in [6.45, 7) is 7.06. The minimum Gasteiger partial charge on any atom is -0.478 e. The minimum absolute atomic E-state index is 0.655. The van der Waals surface area contributed by atoms with Crippen LogP contribution >= 0.6 is 11.8 Å². The number of rotatable bonds is 6. The third-order valence-corrected chi connectivity index (χ3v) is 3.80. The van der Waals surface area contributed by atoms with Crippen LogP contribution < -0.4 is 10.1 Å².